The maximum absolute atomic E-state index is 14.4. The highest BCUT2D eigenvalue weighted by molar-refractivity contribution is 6.71. The van der Waals surface area contributed by atoms with Crippen LogP contribution in [-0.2, 0) is 26.5 Å². The van der Waals surface area contributed by atoms with E-state index in [9.17, 15) is 19.5 Å². The Morgan fingerprint density at radius 2 is 1.92 bits per heavy atom. The molecule has 2 saturated heterocycles. The summed E-state index contributed by atoms with van der Waals surface area (Å²) in [6.07, 6.45) is -0.0764. The SMILES string of the molecule is COc1ccc2c(c1)[C@@]1(O[C@H](CCO)[C@@H]([Si](C)(C)O)[C@@H]1C)C(=O)N2Cc1ccc(N2CCNCC2=O)cc1. The van der Waals surface area contributed by atoms with Crippen molar-refractivity contribution in [3.05, 3.63) is 53.6 Å². The number of nitrogens with one attached hydrogen (secondary N) is 1. The molecule has 3 aliphatic rings. The molecule has 2 amide bonds. The van der Waals surface area contributed by atoms with E-state index in [1.54, 1.807) is 16.9 Å². The van der Waals surface area contributed by atoms with Gasteiger partial charge in [0.1, 0.15) is 5.75 Å². The van der Waals surface area contributed by atoms with Crippen LogP contribution >= 0.6 is 0 Å². The molecule has 10 heteroatoms. The predicted molar refractivity (Wildman–Crippen MR) is 147 cm³/mol. The zero-order valence-corrected chi connectivity index (χ0v) is 23.4. The van der Waals surface area contributed by atoms with Gasteiger partial charge >= 0.3 is 0 Å². The first-order chi connectivity index (χ1) is 18.1. The molecule has 0 saturated carbocycles. The van der Waals surface area contributed by atoms with E-state index in [0.29, 0.717) is 31.8 Å². The predicted octanol–water partition coefficient (Wildman–Crippen LogP) is 2.36. The number of methoxy groups -OCH3 is 1. The maximum atomic E-state index is 14.4. The average molecular weight is 540 g/mol. The Hall–Kier alpha value is -2.76. The number of rotatable bonds is 7. The van der Waals surface area contributed by atoms with Crippen LogP contribution in [0.15, 0.2) is 42.5 Å². The van der Waals surface area contributed by atoms with E-state index in [1.807, 2.05) is 62.5 Å². The summed E-state index contributed by atoms with van der Waals surface area (Å²) < 4.78 is 12.1. The lowest BCUT2D eigenvalue weighted by atomic mass is 9.82. The minimum atomic E-state index is -2.75. The van der Waals surface area contributed by atoms with Crippen LogP contribution in [0.5, 0.6) is 5.75 Å². The molecule has 4 atom stereocenters. The van der Waals surface area contributed by atoms with E-state index in [1.165, 1.54) is 0 Å². The van der Waals surface area contributed by atoms with E-state index in [0.717, 1.165) is 29.0 Å². The van der Waals surface area contributed by atoms with Crippen LogP contribution in [0.25, 0.3) is 0 Å². The van der Waals surface area contributed by atoms with Crippen molar-refractivity contribution in [2.75, 3.05) is 43.2 Å². The molecular formula is C28H37N3O6Si. The minimum Gasteiger partial charge on any atom is -0.497 e. The molecule has 0 radical (unpaired) electrons. The number of aliphatic hydroxyl groups excluding tert-OH is 1. The highest BCUT2D eigenvalue weighted by atomic mass is 28.4. The lowest BCUT2D eigenvalue weighted by Crippen LogP contribution is -2.48. The lowest BCUT2D eigenvalue weighted by molar-refractivity contribution is -0.146. The number of piperazine rings is 1. The van der Waals surface area contributed by atoms with Gasteiger partial charge in [0, 0.05) is 42.4 Å². The number of fused-ring (bicyclic) bond motifs is 2. The summed E-state index contributed by atoms with van der Waals surface area (Å²) in [6.45, 7) is 7.68. The molecule has 0 unspecified atom stereocenters. The number of amides is 2. The van der Waals surface area contributed by atoms with Gasteiger partial charge in [-0.1, -0.05) is 19.1 Å². The molecule has 2 fully saturated rings. The summed E-state index contributed by atoms with van der Waals surface area (Å²) >= 11 is 0. The molecule has 3 N–H and O–H groups in total. The van der Waals surface area contributed by atoms with Gasteiger partial charge in [-0.2, -0.15) is 0 Å². The Bertz CT molecular complexity index is 1220. The summed E-state index contributed by atoms with van der Waals surface area (Å²) in [7, 11) is -1.16. The van der Waals surface area contributed by atoms with Crippen LogP contribution in [0.2, 0.25) is 18.6 Å². The molecule has 38 heavy (non-hydrogen) atoms. The van der Waals surface area contributed by atoms with Crippen molar-refractivity contribution >= 4 is 31.5 Å². The number of anilines is 2. The quantitative estimate of drug-likeness (QED) is 0.463. The van der Waals surface area contributed by atoms with Gasteiger partial charge in [-0.05, 0) is 55.4 Å². The van der Waals surface area contributed by atoms with Gasteiger partial charge in [0.25, 0.3) is 5.91 Å². The van der Waals surface area contributed by atoms with Crippen molar-refractivity contribution in [3.63, 3.8) is 0 Å². The number of ether oxygens (including phenoxy) is 2. The molecule has 9 nitrogen and oxygen atoms in total. The van der Waals surface area contributed by atoms with Crippen molar-refractivity contribution in [1.29, 1.82) is 0 Å². The Labute approximate surface area is 224 Å². The van der Waals surface area contributed by atoms with E-state index in [2.05, 4.69) is 5.32 Å². The van der Waals surface area contributed by atoms with Gasteiger partial charge < -0.3 is 34.5 Å². The molecular weight excluding hydrogens is 502 g/mol. The summed E-state index contributed by atoms with van der Waals surface area (Å²) in [4.78, 5) is 41.4. The van der Waals surface area contributed by atoms with Crippen molar-refractivity contribution in [2.45, 2.75) is 50.2 Å². The van der Waals surface area contributed by atoms with Crippen molar-refractivity contribution in [3.8, 4) is 5.75 Å². The molecule has 0 bridgehead atoms. The number of benzene rings is 2. The molecule has 204 valence electrons. The number of aliphatic hydroxyl groups is 1. The second-order valence-electron chi connectivity index (χ2n) is 11.0. The first-order valence-corrected chi connectivity index (χ1v) is 16.3. The maximum Gasteiger partial charge on any atom is 0.264 e. The van der Waals surface area contributed by atoms with E-state index < -0.39 is 20.0 Å². The van der Waals surface area contributed by atoms with Gasteiger partial charge in [0.15, 0.2) is 13.9 Å². The Balaban J connectivity index is 1.50. The molecule has 2 aromatic carbocycles. The van der Waals surface area contributed by atoms with Crippen LogP contribution < -0.4 is 19.9 Å². The Morgan fingerprint density at radius 3 is 2.55 bits per heavy atom. The molecule has 5 rings (SSSR count). The first-order valence-electron chi connectivity index (χ1n) is 13.2. The van der Waals surface area contributed by atoms with E-state index in [4.69, 9.17) is 9.47 Å². The molecule has 2 aromatic rings. The van der Waals surface area contributed by atoms with E-state index in [-0.39, 0.29) is 29.9 Å². The molecule has 3 aliphatic heterocycles. The fourth-order valence-electron chi connectivity index (χ4n) is 6.58. The highest BCUT2D eigenvalue weighted by Crippen LogP contribution is 2.60. The Morgan fingerprint density at radius 1 is 1.18 bits per heavy atom. The number of hydrogen-bond acceptors (Lipinski definition) is 7. The number of carbonyl (C=O) groups excluding carboxylic acids is 2. The van der Waals surface area contributed by atoms with Crippen molar-refractivity contribution < 1.29 is 29.0 Å². The van der Waals surface area contributed by atoms with Crippen LogP contribution in [0, 0.1) is 5.92 Å². The standard InChI is InChI=1S/C28H37N3O6Si/c1-18-26(38(3,4)35)24(11-14-32)37-28(18)22-15-21(36-2)9-10-23(22)31(27(28)34)17-19-5-7-20(8-6-19)30-13-12-29-16-25(30)33/h5-10,15,18,24,26,29,32,35H,11-14,16-17H2,1-4H3/t18-,24+,26-,28+/m0/s1. The van der Waals surface area contributed by atoms with Gasteiger partial charge in [-0.15, -0.1) is 0 Å². The zero-order chi connectivity index (χ0) is 27.2. The summed E-state index contributed by atoms with van der Waals surface area (Å²) in [6, 6.07) is 13.3. The molecule has 1 spiro atoms. The van der Waals surface area contributed by atoms with Gasteiger partial charge in [-0.25, -0.2) is 0 Å². The third-order valence-electron chi connectivity index (χ3n) is 8.28. The van der Waals surface area contributed by atoms with Crippen molar-refractivity contribution in [1.82, 2.24) is 5.32 Å². The zero-order valence-electron chi connectivity index (χ0n) is 22.4. The van der Waals surface area contributed by atoms with Gasteiger partial charge in [0.05, 0.1) is 32.0 Å². The first kappa shape index (κ1) is 26.8. The average Bonchev–Trinajstić information content (AvgIpc) is 3.31. The molecule has 0 aromatic heterocycles. The highest BCUT2D eigenvalue weighted by Gasteiger charge is 2.66. The number of carbonyl (C=O) groups is 2. The normalized spacial score (nSPS) is 27.4. The number of nitrogens with zero attached hydrogens (tertiary/aromatic N) is 2. The van der Waals surface area contributed by atoms with Crippen LogP contribution in [0.3, 0.4) is 0 Å². The minimum absolute atomic E-state index is 0.0400. The fraction of sp³-hybridized carbons (Fsp3) is 0.500. The summed E-state index contributed by atoms with van der Waals surface area (Å²) in [5, 5.41) is 12.8. The summed E-state index contributed by atoms with van der Waals surface area (Å²) in [5.74, 6) is 0.202. The second-order valence-corrected chi connectivity index (χ2v) is 15.0. The lowest BCUT2D eigenvalue weighted by Gasteiger charge is -2.32. The molecule has 0 aliphatic carbocycles. The fourth-order valence-corrected chi connectivity index (χ4v) is 9.18. The van der Waals surface area contributed by atoms with E-state index >= 15 is 0 Å². The number of hydrogen-bond donors (Lipinski definition) is 3. The largest absolute Gasteiger partial charge is 0.497 e. The third kappa shape index (κ3) is 4.34. The van der Waals surface area contributed by atoms with Crippen LogP contribution in [-0.4, -0.2) is 69.5 Å². The van der Waals surface area contributed by atoms with Crippen LogP contribution in [0.4, 0.5) is 11.4 Å². The molecule has 3 heterocycles. The Kier molecular flexibility index (Phi) is 7.12. The van der Waals surface area contributed by atoms with Crippen molar-refractivity contribution in [2.24, 2.45) is 5.92 Å². The second kappa shape index (κ2) is 10.1. The topological polar surface area (TPSA) is 112 Å². The summed E-state index contributed by atoms with van der Waals surface area (Å²) in [5.41, 5.74) is 1.76. The monoisotopic (exact) mass is 539 g/mol. The smallest absolute Gasteiger partial charge is 0.264 e. The van der Waals surface area contributed by atoms with Crippen LogP contribution in [0.1, 0.15) is 24.5 Å². The van der Waals surface area contributed by atoms with Gasteiger partial charge in [0.2, 0.25) is 5.91 Å². The third-order valence-corrected chi connectivity index (χ3v) is 10.8. The van der Waals surface area contributed by atoms with Gasteiger partial charge in [-0.3, -0.25) is 9.59 Å².